The van der Waals surface area contributed by atoms with Crippen molar-refractivity contribution in [2.45, 2.75) is 96.7 Å². The van der Waals surface area contributed by atoms with Gasteiger partial charge in [-0.1, -0.05) is 48.9 Å². The van der Waals surface area contributed by atoms with Crippen LogP contribution in [0, 0.1) is 24.7 Å². The van der Waals surface area contributed by atoms with Crippen molar-refractivity contribution < 1.29 is 18.0 Å². The van der Waals surface area contributed by atoms with Gasteiger partial charge in [0.25, 0.3) is 0 Å². The van der Waals surface area contributed by atoms with Crippen molar-refractivity contribution in [3.63, 3.8) is 0 Å². The lowest BCUT2D eigenvalue weighted by molar-refractivity contribution is -0.139. The van der Waals surface area contributed by atoms with Crippen LogP contribution in [0.25, 0.3) is 0 Å². The Labute approximate surface area is 252 Å². The summed E-state index contributed by atoms with van der Waals surface area (Å²) in [6, 6.07) is 14.9. The predicted molar refractivity (Wildman–Crippen MR) is 168 cm³/mol. The molecule has 4 fully saturated rings. The number of amides is 2. The van der Waals surface area contributed by atoms with Crippen LogP contribution in [0.15, 0.2) is 48.5 Å². The third-order valence-corrected chi connectivity index (χ3v) is 11.2. The SMILES string of the molecule is CC[C@H](C)NC(=O)[C@H](C)N(Cc1cccc(C)c1)C(=O)CN(c1ccc(C23CC4CC(CC(C4)C2)C3)cc1)S(C)(=O)=O. The molecule has 2 aromatic rings. The molecule has 2 aromatic carbocycles. The molecule has 0 heterocycles. The van der Waals surface area contributed by atoms with Gasteiger partial charge in [-0.15, -0.1) is 0 Å². The molecular formula is C34H47N3O4S. The first-order valence-electron chi connectivity index (χ1n) is 15.6. The van der Waals surface area contributed by atoms with Gasteiger partial charge in [-0.3, -0.25) is 13.9 Å². The molecular weight excluding hydrogens is 546 g/mol. The Morgan fingerprint density at radius 2 is 1.57 bits per heavy atom. The molecule has 0 aromatic heterocycles. The number of sulfonamides is 1. The van der Waals surface area contributed by atoms with Crippen LogP contribution in [0.5, 0.6) is 0 Å². The molecule has 0 spiro atoms. The largest absolute Gasteiger partial charge is 0.352 e. The number of nitrogens with zero attached hydrogens (tertiary/aromatic N) is 2. The van der Waals surface area contributed by atoms with E-state index in [0.717, 1.165) is 41.6 Å². The number of anilines is 1. The first kappa shape index (κ1) is 30.6. The molecule has 42 heavy (non-hydrogen) atoms. The monoisotopic (exact) mass is 593 g/mol. The molecule has 2 atom stereocenters. The molecule has 4 aliphatic rings. The van der Waals surface area contributed by atoms with E-state index in [9.17, 15) is 18.0 Å². The van der Waals surface area contributed by atoms with E-state index in [1.165, 1.54) is 53.3 Å². The molecule has 0 aliphatic heterocycles. The molecule has 4 aliphatic carbocycles. The van der Waals surface area contributed by atoms with E-state index >= 15 is 0 Å². The van der Waals surface area contributed by atoms with Crippen LogP contribution in [0.4, 0.5) is 5.69 Å². The van der Waals surface area contributed by atoms with Gasteiger partial charge in [0.1, 0.15) is 12.6 Å². The highest BCUT2D eigenvalue weighted by molar-refractivity contribution is 7.92. The maximum absolute atomic E-state index is 13.9. The molecule has 4 saturated carbocycles. The Morgan fingerprint density at radius 3 is 2.10 bits per heavy atom. The first-order chi connectivity index (χ1) is 19.9. The normalized spacial score (nSPS) is 26.0. The lowest BCUT2D eigenvalue weighted by Gasteiger charge is -2.57. The standard InChI is InChI=1S/C34H47N3O4S/c1-6-24(3)35-33(39)25(4)36(21-26-9-7-8-23(2)14-26)32(38)22-37(42(5,40)41)31-12-10-30(11-13-31)34-18-27-15-28(19-34)17-29(16-27)20-34/h7-14,24-25,27-29H,6,15-22H2,1-5H3,(H,35,39)/t24-,25-,27?,28?,29?,34?/m0/s1. The van der Waals surface area contributed by atoms with Crippen molar-refractivity contribution in [1.82, 2.24) is 10.2 Å². The molecule has 228 valence electrons. The van der Waals surface area contributed by atoms with Crippen LogP contribution < -0.4 is 9.62 Å². The van der Waals surface area contributed by atoms with E-state index in [2.05, 4.69) is 17.4 Å². The summed E-state index contributed by atoms with van der Waals surface area (Å²) < 4.78 is 27.3. The fraction of sp³-hybridized carbons (Fsp3) is 0.588. The van der Waals surface area contributed by atoms with Crippen LogP contribution in [0.3, 0.4) is 0 Å². The van der Waals surface area contributed by atoms with Crippen LogP contribution in [0.2, 0.25) is 0 Å². The third kappa shape index (κ3) is 6.53. The van der Waals surface area contributed by atoms with Gasteiger partial charge in [0.2, 0.25) is 21.8 Å². The molecule has 7 nitrogen and oxygen atoms in total. The van der Waals surface area contributed by atoms with Crippen LogP contribution >= 0.6 is 0 Å². The van der Waals surface area contributed by atoms with Gasteiger partial charge in [-0.2, -0.15) is 0 Å². The van der Waals surface area contributed by atoms with Crippen LogP contribution in [-0.2, 0) is 31.6 Å². The number of carbonyl (C=O) groups excluding carboxylic acids is 2. The van der Waals surface area contributed by atoms with Gasteiger partial charge < -0.3 is 10.2 Å². The number of carbonyl (C=O) groups is 2. The van der Waals surface area contributed by atoms with Crippen molar-refractivity contribution in [1.29, 1.82) is 0 Å². The predicted octanol–water partition coefficient (Wildman–Crippen LogP) is 5.56. The van der Waals surface area contributed by atoms with Gasteiger partial charge in [-0.05, 0) is 112 Å². The van der Waals surface area contributed by atoms with Crippen molar-refractivity contribution in [3.05, 3.63) is 65.2 Å². The minimum Gasteiger partial charge on any atom is -0.352 e. The molecule has 0 saturated heterocycles. The highest BCUT2D eigenvalue weighted by atomic mass is 32.2. The Morgan fingerprint density at radius 1 is 0.976 bits per heavy atom. The summed E-state index contributed by atoms with van der Waals surface area (Å²) in [5, 5.41) is 2.97. The van der Waals surface area contributed by atoms with Gasteiger partial charge in [-0.25, -0.2) is 8.42 Å². The molecule has 2 amide bonds. The zero-order valence-electron chi connectivity index (χ0n) is 25.8. The van der Waals surface area contributed by atoms with Gasteiger partial charge in [0.15, 0.2) is 0 Å². The second kappa shape index (κ2) is 12.0. The number of aryl methyl sites for hydroxylation is 1. The number of hydrogen-bond acceptors (Lipinski definition) is 4. The minimum absolute atomic E-state index is 0.0316. The highest BCUT2D eigenvalue weighted by Crippen LogP contribution is 2.60. The molecule has 1 N–H and O–H groups in total. The third-order valence-electron chi connectivity index (χ3n) is 10.1. The van der Waals surface area contributed by atoms with E-state index in [4.69, 9.17) is 0 Å². The van der Waals surface area contributed by atoms with E-state index in [1.54, 1.807) is 6.92 Å². The summed E-state index contributed by atoms with van der Waals surface area (Å²) in [6.45, 7) is 7.43. The Kier molecular flexibility index (Phi) is 8.75. The van der Waals surface area contributed by atoms with E-state index in [1.807, 2.05) is 57.2 Å². The summed E-state index contributed by atoms with van der Waals surface area (Å²) in [5.41, 5.74) is 3.93. The lowest BCUT2D eigenvalue weighted by Crippen LogP contribution is -2.52. The number of rotatable bonds is 11. The fourth-order valence-electron chi connectivity index (χ4n) is 8.11. The maximum atomic E-state index is 13.9. The Hall–Kier alpha value is -2.87. The van der Waals surface area contributed by atoms with Crippen molar-refractivity contribution in [2.24, 2.45) is 17.8 Å². The number of nitrogens with one attached hydrogen (secondary N) is 1. The average molecular weight is 594 g/mol. The Balaban J connectivity index is 1.38. The van der Waals surface area contributed by atoms with Gasteiger partial charge in [0.05, 0.1) is 11.9 Å². The Bertz CT molecular complexity index is 1370. The topological polar surface area (TPSA) is 86.8 Å². The zero-order chi connectivity index (χ0) is 30.2. The second-order valence-electron chi connectivity index (χ2n) is 13.5. The lowest BCUT2D eigenvalue weighted by atomic mass is 9.48. The molecule has 6 rings (SSSR count). The summed E-state index contributed by atoms with van der Waals surface area (Å²) >= 11 is 0. The zero-order valence-corrected chi connectivity index (χ0v) is 26.6. The summed E-state index contributed by atoms with van der Waals surface area (Å²) in [4.78, 5) is 28.5. The summed E-state index contributed by atoms with van der Waals surface area (Å²) in [6.07, 6.45) is 9.71. The highest BCUT2D eigenvalue weighted by Gasteiger charge is 2.51. The van der Waals surface area contributed by atoms with Crippen LogP contribution in [-0.4, -0.2) is 50.0 Å². The molecule has 0 radical (unpaired) electrons. The summed E-state index contributed by atoms with van der Waals surface area (Å²) in [7, 11) is -3.77. The van der Waals surface area contributed by atoms with Crippen molar-refractivity contribution in [2.75, 3.05) is 17.1 Å². The quantitative estimate of drug-likeness (QED) is 0.370. The minimum atomic E-state index is -3.77. The second-order valence-corrected chi connectivity index (χ2v) is 15.4. The summed E-state index contributed by atoms with van der Waals surface area (Å²) in [5.74, 6) is 1.79. The van der Waals surface area contributed by atoms with E-state index < -0.39 is 22.0 Å². The molecule has 4 bridgehead atoms. The van der Waals surface area contributed by atoms with E-state index in [0.29, 0.717) is 5.69 Å². The first-order valence-corrected chi connectivity index (χ1v) is 17.5. The van der Waals surface area contributed by atoms with Crippen LogP contribution in [0.1, 0.15) is 82.4 Å². The molecule has 0 unspecified atom stereocenters. The van der Waals surface area contributed by atoms with Gasteiger partial charge in [0, 0.05) is 12.6 Å². The van der Waals surface area contributed by atoms with E-state index in [-0.39, 0.29) is 30.5 Å². The number of hydrogen-bond donors (Lipinski definition) is 1. The number of benzene rings is 2. The average Bonchev–Trinajstić information content (AvgIpc) is 2.93. The van der Waals surface area contributed by atoms with Gasteiger partial charge >= 0.3 is 0 Å². The van der Waals surface area contributed by atoms with Crippen molar-refractivity contribution in [3.8, 4) is 0 Å². The smallest absolute Gasteiger partial charge is 0.244 e. The maximum Gasteiger partial charge on any atom is 0.244 e. The molecule has 8 heteroatoms. The van der Waals surface area contributed by atoms with Crippen molar-refractivity contribution >= 4 is 27.5 Å². The fourth-order valence-corrected chi connectivity index (χ4v) is 8.96.